The highest BCUT2D eigenvalue weighted by Gasteiger charge is 1.92. The lowest BCUT2D eigenvalue weighted by Crippen LogP contribution is -2.03. The van der Waals surface area contributed by atoms with Gasteiger partial charge in [-0.2, -0.15) is 0 Å². The van der Waals surface area contributed by atoms with Crippen molar-refractivity contribution >= 4 is 0 Å². The van der Waals surface area contributed by atoms with Gasteiger partial charge >= 0.3 is 0 Å². The first-order valence-electron chi connectivity index (χ1n) is 8.43. The van der Waals surface area contributed by atoms with Crippen LogP contribution in [-0.4, -0.2) is 49.9 Å². The van der Waals surface area contributed by atoms with Crippen LogP contribution in [0.15, 0.2) is 60.7 Å². The summed E-state index contributed by atoms with van der Waals surface area (Å²) >= 11 is 0. The molecule has 5 nitrogen and oxygen atoms in total. The highest BCUT2D eigenvalue weighted by Crippen LogP contribution is 2.19. The SMILES string of the molecule is CCOCC.OCCOCCO.c1ccc(Oc2ccccc2)cc1. The molecule has 2 aromatic rings. The fraction of sp³-hybridized carbons (Fsp3) is 0.400. The van der Waals surface area contributed by atoms with Gasteiger partial charge in [-0.15, -0.1) is 0 Å². The minimum absolute atomic E-state index is 0.0278. The average molecular weight is 350 g/mol. The molecule has 0 aromatic heterocycles. The summed E-state index contributed by atoms with van der Waals surface area (Å²) in [6, 6.07) is 19.5. The molecule has 0 unspecified atom stereocenters. The second-order valence-electron chi connectivity index (χ2n) is 4.57. The molecule has 0 aliphatic carbocycles. The van der Waals surface area contributed by atoms with E-state index in [9.17, 15) is 0 Å². The quantitative estimate of drug-likeness (QED) is 0.713. The monoisotopic (exact) mass is 350 g/mol. The zero-order valence-corrected chi connectivity index (χ0v) is 15.1. The maximum atomic E-state index is 8.09. The average Bonchev–Trinajstić information content (AvgIpc) is 2.66. The highest BCUT2D eigenvalue weighted by atomic mass is 16.5. The highest BCUT2D eigenvalue weighted by molar-refractivity contribution is 5.30. The first-order valence-corrected chi connectivity index (χ1v) is 8.43. The normalized spacial score (nSPS) is 9.28. The van der Waals surface area contributed by atoms with Crippen molar-refractivity contribution in [1.82, 2.24) is 0 Å². The molecular weight excluding hydrogens is 320 g/mol. The number of aliphatic hydroxyl groups excluding tert-OH is 2. The maximum absolute atomic E-state index is 8.09. The lowest BCUT2D eigenvalue weighted by atomic mass is 10.3. The van der Waals surface area contributed by atoms with Gasteiger partial charge in [0.1, 0.15) is 11.5 Å². The first-order chi connectivity index (χ1) is 12.3. The molecule has 2 N–H and O–H groups in total. The van der Waals surface area contributed by atoms with E-state index in [1.807, 2.05) is 74.5 Å². The Labute approximate surface area is 150 Å². The van der Waals surface area contributed by atoms with Crippen molar-refractivity contribution in [3.8, 4) is 11.5 Å². The Morgan fingerprint density at radius 3 is 1.32 bits per heavy atom. The smallest absolute Gasteiger partial charge is 0.127 e. The molecule has 0 fully saturated rings. The molecule has 0 bridgehead atoms. The molecule has 140 valence electrons. The Bertz CT molecular complexity index is 432. The van der Waals surface area contributed by atoms with Gasteiger partial charge in [-0.3, -0.25) is 0 Å². The Morgan fingerprint density at radius 2 is 1.04 bits per heavy atom. The van der Waals surface area contributed by atoms with Crippen LogP contribution < -0.4 is 4.74 Å². The van der Waals surface area contributed by atoms with E-state index in [1.165, 1.54) is 0 Å². The molecule has 0 heterocycles. The summed E-state index contributed by atoms with van der Waals surface area (Å²) in [6.45, 7) is 6.36. The molecule has 0 aliphatic rings. The van der Waals surface area contributed by atoms with E-state index in [2.05, 4.69) is 4.74 Å². The van der Waals surface area contributed by atoms with Gasteiger partial charge in [0.25, 0.3) is 0 Å². The minimum atomic E-state index is 0.0278. The predicted molar refractivity (Wildman–Crippen MR) is 100 cm³/mol. The number of rotatable bonds is 8. The van der Waals surface area contributed by atoms with Gasteiger partial charge < -0.3 is 24.4 Å². The van der Waals surface area contributed by atoms with E-state index in [0.717, 1.165) is 24.7 Å². The van der Waals surface area contributed by atoms with Crippen molar-refractivity contribution in [1.29, 1.82) is 0 Å². The van der Waals surface area contributed by atoms with Crippen LogP contribution in [0.4, 0.5) is 0 Å². The fourth-order valence-corrected chi connectivity index (χ4v) is 1.55. The molecule has 0 saturated carbocycles. The molecule has 2 aromatic carbocycles. The Morgan fingerprint density at radius 1 is 0.640 bits per heavy atom. The van der Waals surface area contributed by atoms with Crippen LogP contribution in [0.3, 0.4) is 0 Å². The molecule has 5 heteroatoms. The van der Waals surface area contributed by atoms with Gasteiger partial charge in [-0.1, -0.05) is 36.4 Å². The van der Waals surface area contributed by atoms with Gasteiger partial charge in [0, 0.05) is 13.2 Å². The standard InChI is InChI=1S/C12H10O.C4H10O3.C4H10O/c1-3-7-11(8-4-1)13-12-9-5-2-6-10-12;5-1-3-7-4-2-6;1-3-5-4-2/h1-10H;5-6H,1-4H2;3-4H2,1-2H3. The summed E-state index contributed by atoms with van der Waals surface area (Å²) in [5, 5.41) is 16.2. The molecule has 0 amide bonds. The zero-order chi connectivity index (χ0) is 18.6. The first kappa shape index (κ1) is 23.1. The Hall–Kier alpha value is -1.92. The second-order valence-corrected chi connectivity index (χ2v) is 4.57. The van der Waals surface area contributed by atoms with Crippen LogP contribution in [0.1, 0.15) is 13.8 Å². The predicted octanol–water partition coefficient (Wildman–Crippen LogP) is 3.51. The molecule has 0 saturated heterocycles. The van der Waals surface area contributed by atoms with E-state index >= 15 is 0 Å². The minimum Gasteiger partial charge on any atom is -0.457 e. The van der Waals surface area contributed by atoms with E-state index in [4.69, 9.17) is 19.7 Å². The van der Waals surface area contributed by atoms with Crippen molar-refractivity contribution in [3.05, 3.63) is 60.7 Å². The topological polar surface area (TPSA) is 68.2 Å². The summed E-state index contributed by atoms with van der Waals surface area (Å²) in [7, 11) is 0. The van der Waals surface area contributed by atoms with E-state index < -0.39 is 0 Å². The van der Waals surface area contributed by atoms with Crippen molar-refractivity contribution in [2.24, 2.45) is 0 Å². The third kappa shape index (κ3) is 15.4. The number of para-hydroxylation sites is 2. The van der Waals surface area contributed by atoms with Crippen LogP contribution in [0.5, 0.6) is 11.5 Å². The molecule has 0 aliphatic heterocycles. The molecular formula is C20H30O5. The summed E-state index contributed by atoms with van der Waals surface area (Å²) in [4.78, 5) is 0. The van der Waals surface area contributed by atoms with E-state index in [1.54, 1.807) is 0 Å². The van der Waals surface area contributed by atoms with Gasteiger partial charge in [-0.05, 0) is 38.1 Å². The van der Waals surface area contributed by atoms with Gasteiger partial charge in [0.2, 0.25) is 0 Å². The number of benzene rings is 2. The van der Waals surface area contributed by atoms with Crippen LogP contribution >= 0.6 is 0 Å². The van der Waals surface area contributed by atoms with Crippen molar-refractivity contribution in [2.75, 3.05) is 39.6 Å². The van der Waals surface area contributed by atoms with Gasteiger partial charge in [-0.25, -0.2) is 0 Å². The second kappa shape index (κ2) is 18.4. The molecule has 0 spiro atoms. The van der Waals surface area contributed by atoms with Crippen molar-refractivity contribution in [2.45, 2.75) is 13.8 Å². The molecule has 0 radical (unpaired) electrons. The van der Waals surface area contributed by atoms with Crippen molar-refractivity contribution < 1.29 is 24.4 Å². The number of aliphatic hydroxyl groups is 2. The summed E-state index contributed by atoms with van der Waals surface area (Å²) in [5.74, 6) is 1.74. The molecule has 2 rings (SSSR count). The number of hydrogen-bond acceptors (Lipinski definition) is 5. The third-order valence-corrected chi connectivity index (χ3v) is 2.60. The lowest BCUT2D eigenvalue weighted by Gasteiger charge is -2.03. The van der Waals surface area contributed by atoms with Gasteiger partial charge in [0.05, 0.1) is 26.4 Å². The largest absolute Gasteiger partial charge is 0.457 e. The maximum Gasteiger partial charge on any atom is 0.127 e. The van der Waals surface area contributed by atoms with E-state index in [-0.39, 0.29) is 13.2 Å². The van der Waals surface area contributed by atoms with Crippen LogP contribution in [0.25, 0.3) is 0 Å². The summed E-state index contributed by atoms with van der Waals surface area (Å²) in [6.07, 6.45) is 0. The summed E-state index contributed by atoms with van der Waals surface area (Å²) in [5.41, 5.74) is 0. The lowest BCUT2D eigenvalue weighted by molar-refractivity contribution is 0.0650. The number of hydrogen-bond donors (Lipinski definition) is 2. The fourth-order valence-electron chi connectivity index (χ4n) is 1.55. The third-order valence-electron chi connectivity index (χ3n) is 2.60. The molecule has 0 atom stereocenters. The van der Waals surface area contributed by atoms with Crippen LogP contribution in [0.2, 0.25) is 0 Å². The zero-order valence-electron chi connectivity index (χ0n) is 15.1. The number of ether oxygens (including phenoxy) is 3. The molecule has 25 heavy (non-hydrogen) atoms. The van der Waals surface area contributed by atoms with Crippen molar-refractivity contribution in [3.63, 3.8) is 0 Å². The Balaban J connectivity index is 0.000000408. The van der Waals surface area contributed by atoms with Crippen LogP contribution in [0, 0.1) is 0 Å². The summed E-state index contributed by atoms with van der Waals surface area (Å²) < 4.78 is 15.0. The van der Waals surface area contributed by atoms with Gasteiger partial charge in [0.15, 0.2) is 0 Å². The van der Waals surface area contributed by atoms with Crippen LogP contribution in [-0.2, 0) is 9.47 Å². The Kier molecular flexibility index (Phi) is 17.0. The van der Waals surface area contributed by atoms with E-state index in [0.29, 0.717) is 13.2 Å².